The highest BCUT2D eigenvalue weighted by Crippen LogP contribution is 2.23. The molecule has 0 aliphatic carbocycles. The van der Waals surface area contributed by atoms with Gasteiger partial charge in [0.1, 0.15) is 0 Å². The molecule has 1 unspecified atom stereocenters. The predicted octanol–water partition coefficient (Wildman–Crippen LogP) is 1.68. The first-order chi connectivity index (χ1) is 12.0. The van der Waals surface area contributed by atoms with Gasteiger partial charge in [-0.1, -0.05) is 16.4 Å². The van der Waals surface area contributed by atoms with Crippen LogP contribution >= 0.6 is 0 Å². The average molecular weight is 343 g/mol. The van der Waals surface area contributed by atoms with Gasteiger partial charge in [0.15, 0.2) is 11.5 Å². The van der Waals surface area contributed by atoms with Crippen LogP contribution in [0.3, 0.4) is 0 Å². The Bertz CT molecular complexity index is 902. The zero-order chi connectivity index (χ0) is 18.0. The number of likely N-dealkylation sites (N-methyl/N-ethyl adjacent to an activating group) is 1. The summed E-state index contributed by atoms with van der Waals surface area (Å²) in [6, 6.07) is 6.38. The summed E-state index contributed by atoms with van der Waals surface area (Å²) < 4.78 is 6.78. The lowest BCUT2D eigenvalue weighted by atomic mass is 10.2. The fraction of sp³-hybridized carbons (Fsp3) is 0.333. The van der Waals surface area contributed by atoms with Gasteiger partial charge in [-0.05, 0) is 27.0 Å². The van der Waals surface area contributed by atoms with Crippen molar-refractivity contribution in [3.8, 4) is 17.3 Å². The molecule has 2 heterocycles. The highest BCUT2D eigenvalue weighted by Gasteiger charge is 2.19. The van der Waals surface area contributed by atoms with Gasteiger partial charge >= 0.3 is 0 Å². The number of benzene rings is 1. The van der Waals surface area contributed by atoms with Crippen LogP contribution in [0.2, 0.25) is 0 Å². The van der Waals surface area contributed by atoms with Gasteiger partial charge in [-0.2, -0.15) is 4.98 Å². The number of hydrogen-bond donors (Lipinski definition) is 1. The number of nitro groups is 1. The Balaban J connectivity index is 1.91. The maximum Gasteiger partial charge on any atom is 0.280 e. The van der Waals surface area contributed by atoms with E-state index in [1.165, 1.54) is 16.8 Å². The molecule has 25 heavy (non-hydrogen) atoms. The quantitative estimate of drug-likeness (QED) is 0.529. The number of nitrogens with zero attached hydrogens (tertiary/aromatic N) is 6. The van der Waals surface area contributed by atoms with Gasteiger partial charge in [0, 0.05) is 24.6 Å². The lowest BCUT2D eigenvalue weighted by molar-refractivity contribution is -0.384. The molecule has 1 N–H and O–H groups in total. The standard InChI is InChI=1S/C15H17N7O3/c1-9(16-3)7-13-17-15(25-19-13)14-10(2)21(20-18-14)11-5-4-6-12(8-11)22(23)24/h4-6,8-9,16H,7H2,1-3H3. The van der Waals surface area contributed by atoms with E-state index in [1.54, 1.807) is 19.1 Å². The van der Waals surface area contributed by atoms with Crippen molar-refractivity contribution in [2.24, 2.45) is 0 Å². The van der Waals surface area contributed by atoms with E-state index in [9.17, 15) is 10.1 Å². The summed E-state index contributed by atoms with van der Waals surface area (Å²) in [5.41, 5.74) is 1.61. The van der Waals surface area contributed by atoms with E-state index < -0.39 is 4.92 Å². The van der Waals surface area contributed by atoms with E-state index in [-0.39, 0.29) is 17.6 Å². The lowest BCUT2D eigenvalue weighted by Crippen LogP contribution is -2.24. The van der Waals surface area contributed by atoms with Crippen molar-refractivity contribution in [1.82, 2.24) is 30.5 Å². The van der Waals surface area contributed by atoms with Crippen molar-refractivity contribution in [2.75, 3.05) is 7.05 Å². The molecular formula is C15H17N7O3. The Labute approximate surface area is 143 Å². The maximum absolute atomic E-state index is 10.9. The molecule has 0 saturated carbocycles. The molecule has 0 aliphatic heterocycles. The van der Waals surface area contributed by atoms with Crippen molar-refractivity contribution in [3.63, 3.8) is 0 Å². The van der Waals surface area contributed by atoms with Crippen molar-refractivity contribution >= 4 is 5.69 Å². The molecule has 0 fully saturated rings. The molecule has 130 valence electrons. The maximum atomic E-state index is 10.9. The van der Waals surface area contributed by atoms with Crippen molar-refractivity contribution in [2.45, 2.75) is 26.3 Å². The molecule has 2 aromatic heterocycles. The van der Waals surface area contributed by atoms with Crippen LogP contribution in [-0.2, 0) is 6.42 Å². The van der Waals surface area contributed by atoms with Crippen molar-refractivity contribution in [1.29, 1.82) is 0 Å². The summed E-state index contributed by atoms with van der Waals surface area (Å²) in [5, 5.41) is 26.1. The highest BCUT2D eigenvalue weighted by atomic mass is 16.6. The third-order valence-corrected chi connectivity index (χ3v) is 3.83. The number of aromatic nitrogens is 5. The molecule has 0 saturated heterocycles. The number of non-ortho nitro benzene ring substituents is 1. The number of hydrogen-bond acceptors (Lipinski definition) is 8. The zero-order valence-electron chi connectivity index (χ0n) is 14.0. The summed E-state index contributed by atoms with van der Waals surface area (Å²) >= 11 is 0. The third-order valence-electron chi connectivity index (χ3n) is 3.83. The second-order valence-electron chi connectivity index (χ2n) is 5.62. The fourth-order valence-corrected chi connectivity index (χ4v) is 2.32. The van der Waals surface area contributed by atoms with Crippen LogP contribution in [0.1, 0.15) is 18.4 Å². The zero-order valence-corrected chi connectivity index (χ0v) is 14.0. The summed E-state index contributed by atoms with van der Waals surface area (Å²) in [7, 11) is 1.86. The van der Waals surface area contributed by atoms with Gasteiger partial charge in [-0.15, -0.1) is 5.10 Å². The number of nitro benzene ring substituents is 1. The lowest BCUT2D eigenvalue weighted by Gasteiger charge is -2.04. The second-order valence-corrected chi connectivity index (χ2v) is 5.62. The minimum Gasteiger partial charge on any atom is -0.332 e. The number of nitrogens with one attached hydrogen (secondary N) is 1. The van der Waals surface area contributed by atoms with Crippen LogP contribution in [0.15, 0.2) is 28.8 Å². The molecule has 0 radical (unpaired) electrons. The smallest absolute Gasteiger partial charge is 0.280 e. The minimum atomic E-state index is -0.454. The fourth-order valence-electron chi connectivity index (χ4n) is 2.32. The van der Waals surface area contributed by atoms with E-state index in [0.717, 1.165) is 0 Å². The predicted molar refractivity (Wildman–Crippen MR) is 88.3 cm³/mol. The first kappa shape index (κ1) is 16.7. The molecule has 1 aromatic carbocycles. The van der Waals surface area contributed by atoms with Crippen LogP contribution in [0.4, 0.5) is 5.69 Å². The SMILES string of the molecule is CNC(C)Cc1noc(-c2nnn(-c3cccc([N+](=O)[O-])c3)c2C)n1. The summed E-state index contributed by atoms with van der Waals surface area (Å²) in [5.74, 6) is 0.841. The van der Waals surface area contributed by atoms with Gasteiger partial charge in [-0.3, -0.25) is 10.1 Å². The number of rotatable bonds is 6. The van der Waals surface area contributed by atoms with Crippen LogP contribution < -0.4 is 5.32 Å². The van der Waals surface area contributed by atoms with Gasteiger partial charge in [-0.25, -0.2) is 4.68 Å². The molecular weight excluding hydrogens is 326 g/mol. The second kappa shape index (κ2) is 6.77. The topological polar surface area (TPSA) is 125 Å². The van der Waals surface area contributed by atoms with E-state index in [2.05, 4.69) is 25.8 Å². The molecule has 10 nitrogen and oxygen atoms in total. The van der Waals surface area contributed by atoms with Gasteiger partial charge < -0.3 is 9.84 Å². The summed E-state index contributed by atoms with van der Waals surface area (Å²) in [6.07, 6.45) is 0.623. The Morgan fingerprint density at radius 1 is 1.44 bits per heavy atom. The highest BCUT2D eigenvalue weighted by molar-refractivity contribution is 5.52. The molecule has 3 aromatic rings. The first-order valence-corrected chi connectivity index (χ1v) is 7.67. The largest absolute Gasteiger partial charge is 0.332 e. The summed E-state index contributed by atoms with van der Waals surface area (Å²) in [4.78, 5) is 14.8. The van der Waals surface area contributed by atoms with E-state index >= 15 is 0 Å². The van der Waals surface area contributed by atoms with Gasteiger partial charge in [0.05, 0.1) is 16.3 Å². The van der Waals surface area contributed by atoms with Crippen LogP contribution in [-0.4, -0.2) is 43.1 Å². The van der Waals surface area contributed by atoms with Crippen LogP contribution in [0.5, 0.6) is 0 Å². The molecule has 10 heteroatoms. The Hall–Kier alpha value is -3.14. The van der Waals surface area contributed by atoms with Crippen molar-refractivity contribution in [3.05, 3.63) is 45.9 Å². The van der Waals surface area contributed by atoms with E-state index in [4.69, 9.17) is 4.52 Å². The van der Waals surface area contributed by atoms with Gasteiger partial charge in [0.25, 0.3) is 11.6 Å². The molecule has 0 bridgehead atoms. The van der Waals surface area contributed by atoms with Crippen molar-refractivity contribution < 1.29 is 9.45 Å². The van der Waals surface area contributed by atoms with E-state index in [1.807, 2.05) is 14.0 Å². The minimum absolute atomic E-state index is 0.0184. The first-order valence-electron chi connectivity index (χ1n) is 7.67. The molecule has 0 spiro atoms. The van der Waals surface area contributed by atoms with E-state index in [0.29, 0.717) is 29.3 Å². The van der Waals surface area contributed by atoms with Crippen LogP contribution in [0.25, 0.3) is 17.3 Å². The monoisotopic (exact) mass is 343 g/mol. The third kappa shape index (κ3) is 3.38. The molecule has 0 aliphatic rings. The normalized spacial score (nSPS) is 12.3. The average Bonchev–Trinajstić information content (AvgIpc) is 3.21. The summed E-state index contributed by atoms with van der Waals surface area (Å²) in [6.45, 7) is 3.80. The Morgan fingerprint density at radius 2 is 2.24 bits per heavy atom. The molecule has 1 atom stereocenters. The van der Waals surface area contributed by atoms with Crippen LogP contribution in [0, 0.1) is 17.0 Å². The molecule has 0 amide bonds. The van der Waals surface area contributed by atoms with Gasteiger partial charge in [0.2, 0.25) is 0 Å². The Morgan fingerprint density at radius 3 is 2.96 bits per heavy atom. The Kier molecular flexibility index (Phi) is 4.52. The molecule has 3 rings (SSSR count).